The van der Waals surface area contributed by atoms with Gasteiger partial charge in [0.1, 0.15) is 9.96 Å². The molecule has 118 valence electrons. The molecular weight excluding hydrogens is 358 g/mol. The number of sulfonamides is 1. The maximum Gasteiger partial charge on any atom is 0.321 e. The molecule has 0 saturated heterocycles. The highest BCUT2D eigenvalue weighted by Crippen LogP contribution is 2.28. The summed E-state index contributed by atoms with van der Waals surface area (Å²) in [6.07, 6.45) is 3.13. The first-order valence-corrected chi connectivity index (χ1v) is 9.04. The Morgan fingerprint density at radius 1 is 1.04 bits per heavy atom. The maximum atomic E-state index is 12.2. The van der Waals surface area contributed by atoms with E-state index in [1.165, 1.54) is 12.1 Å². The Labute approximate surface area is 141 Å². The van der Waals surface area contributed by atoms with E-state index >= 15 is 0 Å². The van der Waals surface area contributed by atoms with E-state index in [2.05, 4.69) is 14.7 Å². The molecule has 0 saturated carbocycles. The fourth-order valence-corrected chi connectivity index (χ4v) is 4.22. The fraction of sp³-hybridized carbons (Fsp3) is 0. The molecule has 0 bridgehead atoms. The van der Waals surface area contributed by atoms with Gasteiger partial charge in [-0.1, -0.05) is 11.6 Å². The van der Waals surface area contributed by atoms with Gasteiger partial charge in [0.2, 0.25) is 0 Å². The zero-order valence-electron chi connectivity index (χ0n) is 11.5. The minimum Gasteiger partial charge on any atom is -0.424 e. The van der Waals surface area contributed by atoms with Crippen molar-refractivity contribution in [3.05, 3.63) is 59.2 Å². The third-order valence-corrected chi connectivity index (χ3v) is 5.78. The molecule has 3 aromatic rings. The molecule has 0 atom stereocenters. The molecule has 2 aromatic heterocycles. The van der Waals surface area contributed by atoms with E-state index < -0.39 is 10.0 Å². The summed E-state index contributed by atoms with van der Waals surface area (Å²) in [5, 5.41) is 0. The van der Waals surface area contributed by atoms with Crippen LogP contribution < -0.4 is 9.46 Å². The van der Waals surface area contributed by atoms with Crippen LogP contribution in [-0.2, 0) is 10.0 Å². The van der Waals surface area contributed by atoms with Gasteiger partial charge < -0.3 is 4.74 Å². The molecule has 9 heteroatoms. The van der Waals surface area contributed by atoms with Gasteiger partial charge in [0.05, 0.1) is 4.34 Å². The molecule has 0 spiro atoms. The van der Waals surface area contributed by atoms with Gasteiger partial charge in [0.25, 0.3) is 10.0 Å². The normalized spacial score (nSPS) is 11.2. The van der Waals surface area contributed by atoms with Crippen molar-refractivity contribution in [3.8, 4) is 11.8 Å². The average molecular weight is 368 g/mol. The summed E-state index contributed by atoms with van der Waals surface area (Å²) in [6, 6.07) is 11.3. The lowest BCUT2D eigenvalue weighted by Crippen LogP contribution is -2.11. The Morgan fingerprint density at radius 3 is 2.35 bits per heavy atom. The number of halogens is 1. The zero-order valence-corrected chi connectivity index (χ0v) is 13.9. The number of nitrogens with zero attached hydrogens (tertiary/aromatic N) is 2. The molecule has 1 N–H and O–H groups in total. The van der Waals surface area contributed by atoms with Crippen LogP contribution >= 0.6 is 22.9 Å². The number of anilines is 1. The van der Waals surface area contributed by atoms with E-state index in [-0.39, 0.29) is 10.2 Å². The van der Waals surface area contributed by atoms with Crippen molar-refractivity contribution in [3.63, 3.8) is 0 Å². The average Bonchev–Trinajstić information content (AvgIpc) is 2.98. The van der Waals surface area contributed by atoms with Crippen LogP contribution in [0.25, 0.3) is 0 Å². The summed E-state index contributed by atoms with van der Waals surface area (Å²) in [5.74, 6) is 0.498. The van der Waals surface area contributed by atoms with Gasteiger partial charge in [-0.05, 0) is 42.5 Å². The van der Waals surface area contributed by atoms with Gasteiger partial charge in [-0.25, -0.2) is 18.4 Å². The summed E-state index contributed by atoms with van der Waals surface area (Å²) in [6.45, 7) is 0. The molecule has 0 aliphatic heterocycles. The highest BCUT2D eigenvalue weighted by molar-refractivity contribution is 7.94. The molecule has 0 unspecified atom stereocenters. The van der Waals surface area contributed by atoms with Crippen LogP contribution in [0.3, 0.4) is 0 Å². The number of ether oxygens (including phenoxy) is 1. The lowest BCUT2D eigenvalue weighted by Gasteiger charge is -2.07. The van der Waals surface area contributed by atoms with E-state index in [9.17, 15) is 8.42 Å². The van der Waals surface area contributed by atoms with E-state index in [1.807, 2.05) is 0 Å². The smallest absolute Gasteiger partial charge is 0.321 e. The Kier molecular flexibility index (Phi) is 4.46. The molecular formula is C14H10ClN3O3S2. The number of benzene rings is 1. The van der Waals surface area contributed by atoms with Gasteiger partial charge >= 0.3 is 6.01 Å². The summed E-state index contributed by atoms with van der Waals surface area (Å²) in [5.41, 5.74) is 0.413. The number of aromatic nitrogens is 2. The Hall–Kier alpha value is -2.16. The summed E-state index contributed by atoms with van der Waals surface area (Å²) in [4.78, 5) is 7.88. The molecule has 0 aliphatic rings. The number of hydrogen-bond acceptors (Lipinski definition) is 6. The van der Waals surface area contributed by atoms with Crippen molar-refractivity contribution in [2.45, 2.75) is 4.21 Å². The predicted octanol–water partition coefficient (Wildman–Crippen LogP) is 3.78. The van der Waals surface area contributed by atoms with E-state index in [4.69, 9.17) is 16.3 Å². The van der Waals surface area contributed by atoms with E-state index in [1.54, 1.807) is 42.7 Å². The third-order valence-electron chi connectivity index (χ3n) is 2.67. The van der Waals surface area contributed by atoms with E-state index in [0.717, 1.165) is 11.3 Å². The van der Waals surface area contributed by atoms with Gasteiger partial charge in [0, 0.05) is 18.1 Å². The second-order valence-electron chi connectivity index (χ2n) is 4.32. The maximum absolute atomic E-state index is 12.2. The molecule has 0 aliphatic carbocycles. The van der Waals surface area contributed by atoms with Gasteiger partial charge in [-0.15, -0.1) is 11.3 Å². The molecule has 23 heavy (non-hydrogen) atoms. The quantitative estimate of drug-likeness (QED) is 0.742. The van der Waals surface area contributed by atoms with Crippen molar-refractivity contribution < 1.29 is 13.2 Å². The van der Waals surface area contributed by atoms with Crippen molar-refractivity contribution in [2.24, 2.45) is 0 Å². The van der Waals surface area contributed by atoms with Gasteiger partial charge in [0.15, 0.2) is 0 Å². The molecule has 0 fully saturated rings. The van der Waals surface area contributed by atoms with Crippen molar-refractivity contribution in [1.82, 2.24) is 9.97 Å². The number of hydrogen-bond donors (Lipinski definition) is 1. The SMILES string of the molecule is O=S(=O)(Nc1ccc(Oc2ncccn2)cc1)c1ccc(Cl)s1. The highest BCUT2D eigenvalue weighted by Gasteiger charge is 2.16. The fourth-order valence-electron chi connectivity index (χ4n) is 1.68. The first kappa shape index (κ1) is 15.7. The first-order valence-electron chi connectivity index (χ1n) is 6.36. The molecule has 0 amide bonds. The standard InChI is InChI=1S/C14H10ClN3O3S2/c15-12-6-7-13(22-12)23(19,20)18-10-2-4-11(5-3-10)21-14-16-8-1-9-17-14/h1-9,18H. The van der Waals surface area contributed by atoms with Gasteiger partial charge in [-0.2, -0.15) is 0 Å². The van der Waals surface area contributed by atoms with Gasteiger partial charge in [-0.3, -0.25) is 4.72 Å². The minimum atomic E-state index is -3.65. The second kappa shape index (κ2) is 6.53. The molecule has 0 radical (unpaired) electrons. The Morgan fingerprint density at radius 2 is 1.74 bits per heavy atom. The zero-order chi connectivity index (χ0) is 16.3. The van der Waals surface area contributed by atoms with Crippen LogP contribution in [0, 0.1) is 0 Å². The highest BCUT2D eigenvalue weighted by atomic mass is 35.5. The second-order valence-corrected chi connectivity index (χ2v) is 7.95. The lowest BCUT2D eigenvalue weighted by atomic mass is 10.3. The van der Waals surface area contributed by atoms with Crippen LogP contribution in [0.5, 0.6) is 11.8 Å². The molecule has 1 aromatic carbocycles. The lowest BCUT2D eigenvalue weighted by molar-refractivity contribution is 0.442. The molecule has 2 heterocycles. The first-order chi connectivity index (χ1) is 11.0. The number of rotatable bonds is 5. The topological polar surface area (TPSA) is 81.2 Å². The Balaban J connectivity index is 1.72. The van der Waals surface area contributed by atoms with Crippen LogP contribution in [0.1, 0.15) is 0 Å². The van der Waals surface area contributed by atoms with Crippen LogP contribution in [0.2, 0.25) is 4.34 Å². The third kappa shape index (κ3) is 3.98. The van der Waals surface area contributed by atoms with Crippen LogP contribution in [0.4, 0.5) is 5.69 Å². The molecule has 3 rings (SSSR count). The summed E-state index contributed by atoms with van der Waals surface area (Å²) in [7, 11) is -3.65. The van der Waals surface area contributed by atoms with Crippen LogP contribution in [-0.4, -0.2) is 18.4 Å². The monoisotopic (exact) mass is 367 g/mol. The van der Waals surface area contributed by atoms with Crippen molar-refractivity contribution in [2.75, 3.05) is 4.72 Å². The summed E-state index contributed by atoms with van der Waals surface area (Å²) >= 11 is 6.76. The largest absolute Gasteiger partial charge is 0.424 e. The van der Waals surface area contributed by atoms with Crippen molar-refractivity contribution >= 4 is 38.6 Å². The van der Waals surface area contributed by atoms with Crippen molar-refractivity contribution in [1.29, 1.82) is 0 Å². The summed E-state index contributed by atoms with van der Waals surface area (Å²) < 4.78 is 32.8. The van der Waals surface area contributed by atoms with Crippen LogP contribution in [0.15, 0.2) is 59.1 Å². The Bertz CT molecular complexity index is 897. The number of thiophene rings is 1. The number of nitrogens with one attached hydrogen (secondary N) is 1. The predicted molar refractivity (Wildman–Crippen MR) is 88.7 cm³/mol. The molecule has 6 nitrogen and oxygen atoms in total. The minimum absolute atomic E-state index is 0.153. The van der Waals surface area contributed by atoms with E-state index in [0.29, 0.717) is 15.8 Å².